The zero-order chi connectivity index (χ0) is 14.6. The predicted octanol–water partition coefficient (Wildman–Crippen LogP) is 2.41. The lowest BCUT2D eigenvalue weighted by Crippen LogP contribution is -2.43. The summed E-state index contributed by atoms with van der Waals surface area (Å²) < 4.78 is 0. The van der Waals surface area contributed by atoms with Gasteiger partial charge in [-0.3, -0.25) is 0 Å². The Morgan fingerprint density at radius 3 is 2.90 bits per heavy atom. The quantitative estimate of drug-likeness (QED) is 0.781. The molecule has 1 aliphatic carbocycles. The minimum Gasteiger partial charge on any atom is -0.387 e. The lowest BCUT2D eigenvalue weighted by molar-refractivity contribution is 0.0876. The number of aliphatic hydroxyl groups is 1. The number of anilines is 1. The Hall–Kier alpha value is -1.20. The van der Waals surface area contributed by atoms with Gasteiger partial charge in [0.2, 0.25) is 0 Å². The van der Waals surface area contributed by atoms with Crippen molar-refractivity contribution in [1.82, 2.24) is 5.32 Å². The number of aryl methyl sites for hydroxylation is 2. The first-order chi connectivity index (χ1) is 9.50. The fourth-order valence-electron chi connectivity index (χ4n) is 2.46. The fourth-order valence-corrected chi connectivity index (χ4v) is 3.18. The van der Waals surface area contributed by atoms with Crippen molar-refractivity contribution in [2.45, 2.75) is 31.8 Å². The smallest absolute Gasteiger partial charge is 0.319 e. The second kappa shape index (κ2) is 6.50. The van der Waals surface area contributed by atoms with Gasteiger partial charge in [-0.2, -0.15) is 11.8 Å². The van der Waals surface area contributed by atoms with E-state index in [9.17, 15) is 9.90 Å². The number of urea groups is 1. The van der Waals surface area contributed by atoms with Crippen LogP contribution in [-0.4, -0.2) is 35.3 Å². The number of rotatable bonds is 5. The van der Waals surface area contributed by atoms with E-state index < -0.39 is 5.60 Å². The van der Waals surface area contributed by atoms with Crippen LogP contribution in [0.25, 0.3) is 0 Å². The first-order valence-electron chi connectivity index (χ1n) is 6.88. The second-order valence-electron chi connectivity index (χ2n) is 5.57. The summed E-state index contributed by atoms with van der Waals surface area (Å²) in [7, 11) is 0. The second-order valence-corrected chi connectivity index (χ2v) is 6.44. The van der Waals surface area contributed by atoms with Crippen molar-refractivity contribution >= 4 is 23.5 Å². The number of benzene rings is 1. The normalized spacial score (nSPS) is 16.4. The number of amides is 2. The molecule has 0 aliphatic heterocycles. The topological polar surface area (TPSA) is 61.4 Å². The van der Waals surface area contributed by atoms with Gasteiger partial charge in [-0.15, -0.1) is 0 Å². The highest BCUT2D eigenvalue weighted by atomic mass is 32.2. The number of nitrogens with one attached hydrogen (secondary N) is 2. The molecule has 0 heterocycles. The average molecular weight is 294 g/mol. The van der Waals surface area contributed by atoms with Crippen LogP contribution >= 0.6 is 11.8 Å². The average Bonchev–Trinajstić information content (AvgIpc) is 2.84. The lowest BCUT2D eigenvalue weighted by atomic mass is 10.1. The Morgan fingerprint density at radius 2 is 2.15 bits per heavy atom. The molecule has 2 rings (SSSR count). The highest BCUT2D eigenvalue weighted by molar-refractivity contribution is 7.98. The zero-order valence-corrected chi connectivity index (χ0v) is 12.8. The molecule has 0 saturated carbocycles. The van der Waals surface area contributed by atoms with E-state index in [1.165, 1.54) is 17.5 Å². The molecule has 1 aromatic rings. The van der Waals surface area contributed by atoms with Gasteiger partial charge in [0, 0.05) is 18.0 Å². The van der Waals surface area contributed by atoms with Crippen LogP contribution in [0.4, 0.5) is 10.5 Å². The number of thioether (sulfide) groups is 1. The molecule has 0 saturated heterocycles. The Balaban J connectivity index is 1.85. The number of hydrogen-bond acceptors (Lipinski definition) is 3. The highest BCUT2D eigenvalue weighted by Gasteiger charge is 2.20. The summed E-state index contributed by atoms with van der Waals surface area (Å²) in [6, 6.07) is 5.79. The molecule has 1 atom stereocenters. The van der Waals surface area contributed by atoms with E-state index in [0.717, 1.165) is 18.5 Å². The zero-order valence-electron chi connectivity index (χ0n) is 12.0. The Morgan fingerprint density at radius 1 is 1.40 bits per heavy atom. The maximum Gasteiger partial charge on any atom is 0.319 e. The molecule has 1 aromatic carbocycles. The molecule has 1 unspecified atom stereocenters. The summed E-state index contributed by atoms with van der Waals surface area (Å²) in [6.07, 6.45) is 5.36. The van der Waals surface area contributed by atoms with Crippen LogP contribution in [0.5, 0.6) is 0 Å². The molecule has 0 radical (unpaired) electrons. The van der Waals surface area contributed by atoms with E-state index in [-0.39, 0.29) is 12.6 Å². The van der Waals surface area contributed by atoms with Crippen LogP contribution in [0.2, 0.25) is 0 Å². The van der Waals surface area contributed by atoms with Gasteiger partial charge in [-0.1, -0.05) is 6.07 Å². The minimum absolute atomic E-state index is 0.241. The van der Waals surface area contributed by atoms with Crippen molar-refractivity contribution in [3.63, 3.8) is 0 Å². The van der Waals surface area contributed by atoms with Crippen LogP contribution in [0, 0.1) is 0 Å². The van der Waals surface area contributed by atoms with E-state index in [2.05, 4.69) is 16.7 Å². The summed E-state index contributed by atoms with van der Waals surface area (Å²) in [5.41, 5.74) is 2.65. The monoisotopic (exact) mass is 294 g/mol. The third-order valence-corrected chi connectivity index (χ3v) is 4.35. The van der Waals surface area contributed by atoms with Crippen molar-refractivity contribution in [2.75, 3.05) is 23.9 Å². The maximum absolute atomic E-state index is 11.8. The van der Waals surface area contributed by atoms with Crippen molar-refractivity contribution in [3.8, 4) is 0 Å². The molecule has 110 valence electrons. The Kier molecular flexibility index (Phi) is 4.94. The van der Waals surface area contributed by atoms with Gasteiger partial charge >= 0.3 is 6.03 Å². The first kappa shape index (κ1) is 15.2. The highest BCUT2D eigenvalue weighted by Crippen LogP contribution is 2.24. The molecule has 0 spiro atoms. The van der Waals surface area contributed by atoms with Crippen LogP contribution in [0.15, 0.2) is 18.2 Å². The Labute approximate surface area is 124 Å². The van der Waals surface area contributed by atoms with E-state index in [4.69, 9.17) is 0 Å². The standard InChI is InChI=1S/C15H22N2O2S/c1-15(19,10-20-2)9-16-14(18)17-13-7-6-11-4-3-5-12(11)8-13/h6-8,19H,3-5,9-10H2,1-2H3,(H2,16,17,18). The predicted molar refractivity (Wildman–Crippen MR) is 84.5 cm³/mol. The van der Waals surface area contributed by atoms with Crippen LogP contribution < -0.4 is 10.6 Å². The van der Waals surface area contributed by atoms with Crippen molar-refractivity contribution in [1.29, 1.82) is 0 Å². The molecule has 2 amide bonds. The van der Waals surface area contributed by atoms with E-state index in [1.807, 2.05) is 18.4 Å². The molecule has 5 heteroatoms. The summed E-state index contributed by atoms with van der Waals surface area (Å²) in [4.78, 5) is 11.8. The van der Waals surface area contributed by atoms with Gasteiger partial charge in [0.05, 0.1) is 5.60 Å². The van der Waals surface area contributed by atoms with Crippen molar-refractivity contribution in [2.24, 2.45) is 0 Å². The third-order valence-electron chi connectivity index (χ3n) is 3.44. The van der Waals surface area contributed by atoms with E-state index >= 15 is 0 Å². The molecule has 1 aliphatic rings. The van der Waals surface area contributed by atoms with Gasteiger partial charge in [0.1, 0.15) is 0 Å². The molecule has 0 bridgehead atoms. The van der Waals surface area contributed by atoms with Gasteiger partial charge < -0.3 is 15.7 Å². The molecule has 3 N–H and O–H groups in total. The Bertz CT molecular complexity index is 489. The lowest BCUT2D eigenvalue weighted by Gasteiger charge is -2.22. The summed E-state index contributed by atoms with van der Waals surface area (Å²) in [6.45, 7) is 1.96. The molecule has 4 nitrogen and oxygen atoms in total. The molecule has 0 fully saturated rings. The summed E-state index contributed by atoms with van der Waals surface area (Å²) in [5, 5.41) is 15.5. The number of hydrogen-bond donors (Lipinski definition) is 3. The number of carbonyl (C=O) groups excluding carboxylic acids is 1. The number of fused-ring (bicyclic) bond motifs is 1. The molecular weight excluding hydrogens is 272 g/mol. The largest absolute Gasteiger partial charge is 0.387 e. The van der Waals surface area contributed by atoms with Gasteiger partial charge in [0.25, 0.3) is 0 Å². The molecular formula is C15H22N2O2S. The first-order valence-corrected chi connectivity index (χ1v) is 8.27. The fraction of sp³-hybridized carbons (Fsp3) is 0.533. The molecule has 0 aromatic heterocycles. The SMILES string of the molecule is CSCC(C)(O)CNC(=O)Nc1ccc2c(c1)CCC2. The van der Waals surface area contributed by atoms with Gasteiger partial charge in [0.15, 0.2) is 0 Å². The summed E-state index contributed by atoms with van der Waals surface area (Å²) >= 11 is 1.56. The van der Waals surface area contributed by atoms with Gasteiger partial charge in [-0.25, -0.2) is 4.79 Å². The van der Waals surface area contributed by atoms with Crippen molar-refractivity contribution < 1.29 is 9.90 Å². The third kappa shape index (κ3) is 4.15. The van der Waals surface area contributed by atoms with Crippen LogP contribution in [0.1, 0.15) is 24.5 Å². The van der Waals surface area contributed by atoms with Crippen LogP contribution in [-0.2, 0) is 12.8 Å². The van der Waals surface area contributed by atoms with Crippen LogP contribution in [0.3, 0.4) is 0 Å². The molecule has 20 heavy (non-hydrogen) atoms. The van der Waals surface area contributed by atoms with E-state index in [1.54, 1.807) is 18.7 Å². The van der Waals surface area contributed by atoms with Gasteiger partial charge in [-0.05, 0) is 55.7 Å². The maximum atomic E-state index is 11.8. The number of carbonyl (C=O) groups is 1. The minimum atomic E-state index is -0.880. The summed E-state index contributed by atoms with van der Waals surface area (Å²) in [5.74, 6) is 0.589. The van der Waals surface area contributed by atoms with E-state index in [0.29, 0.717) is 5.75 Å². The van der Waals surface area contributed by atoms with Crippen molar-refractivity contribution in [3.05, 3.63) is 29.3 Å².